The summed E-state index contributed by atoms with van der Waals surface area (Å²) in [6.07, 6.45) is 0. The summed E-state index contributed by atoms with van der Waals surface area (Å²) in [6.45, 7) is 0.127. The van der Waals surface area contributed by atoms with Crippen LogP contribution in [-0.4, -0.2) is 13.9 Å². The molecule has 0 bridgehead atoms. The predicted octanol–water partition coefficient (Wildman–Crippen LogP) is 8.31. The van der Waals surface area contributed by atoms with Gasteiger partial charge in [-0.05, 0) is 59.0 Å². The first-order valence-electron chi connectivity index (χ1n) is 9.93. The SMILES string of the molecule is O=S(=O)(Nc1ccc2c(OCc3ccc(-c4ccc(Cl)c(Cl)c4)cc3Cl)cccc2c1)C(F)(F)F. The van der Waals surface area contributed by atoms with Crippen molar-refractivity contribution < 1.29 is 26.3 Å². The number of nitrogens with one attached hydrogen (secondary N) is 1. The Morgan fingerprint density at radius 3 is 2.14 bits per heavy atom. The van der Waals surface area contributed by atoms with Crippen LogP contribution in [0.2, 0.25) is 15.1 Å². The minimum Gasteiger partial charge on any atom is -0.488 e. The first-order chi connectivity index (χ1) is 16.4. The van der Waals surface area contributed by atoms with Crippen LogP contribution in [0, 0.1) is 0 Å². The van der Waals surface area contributed by atoms with Gasteiger partial charge in [0.05, 0.1) is 10.0 Å². The summed E-state index contributed by atoms with van der Waals surface area (Å²) in [7, 11) is -5.52. The van der Waals surface area contributed by atoms with Gasteiger partial charge in [-0.15, -0.1) is 0 Å². The second-order valence-corrected chi connectivity index (χ2v) is 10.4. The molecule has 182 valence electrons. The lowest BCUT2D eigenvalue weighted by Gasteiger charge is -2.14. The Balaban J connectivity index is 1.53. The standard InChI is InChI=1S/C24H15Cl3F3NO3S/c25-20-9-6-15(12-22(20)27)14-4-5-17(21(26)11-14)13-34-23-3-1-2-16-10-18(7-8-19(16)23)31-35(32,33)24(28,29)30/h1-12,31H,13H2. The molecule has 0 atom stereocenters. The van der Waals surface area contributed by atoms with Gasteiger partial charge in [-0.2, -0.15) is 21.6 Å². The van der Waals surface area contributed by atoms with Gasteiger partial charge in [0.2, 0.25) is 0 Å². The van der Waals surface area contributed by atoms with Crippen LogP contribution in [0.1, 0.15) is 5.56 Å². The number of halogens is 6. The third kappa shape index (κ3) is 5.62. The van der Waals surface area contributed by atoms with Crippen LogP contribution in [0.15, 0.2) is 72.8 Å². The number of ether oxygens (including phenoxy) is 1. The van der Waals surface area contributed by atoms with Gasteiger partial charge in [0, 0.05) is 21.7 Å². The van der Waals surface area contributed by atoms with E-state index in [-0.39, 0.29) is 12.3 Å². The van der Waals surface area contributed by atoms with Gasteiger partial charge < -0.3 is 4.74 Å². The summed E-state index contributed by atoms with van der Waals surface area (Å²) in [5.74, 6) is 0.456. The zero-order chi connectivity index (χ0) is 25.4. The van der Waals surface area contributed by atoms with Crippen LogP contribution in [0.25, 0.3) is 21.9 Å². The van der Waals surface area contributed by atoms with E-state index >= 15 is 0 Å². The van der Waals surface area contributed by atoms with E-state index in [0.29, 0.717) is 37.2 Å². The Morgan fingerprint density at radius 2 is 1.49 bits per heavy atom. The molecule has 0 fully saturated rings. The number of benzene rings is 4. The molecule has 0 amide bonds. The lowest BCUT2D eigenvalue weighted by atomic mass is 10.0. The van der Waals surface area contributed by atoms with Crippen molar-refractivity contribution in [1.82, 2.24) is 0 Å². The molecule has 0 aliphatic heterocycles. The van der Waals surface area contributed by atoms with E-state index in [9.17, 15) is 21.6 Å². The molecule has 0 aromatic heterocycles. The molecule has 35 heavy (non-hydrogen) atoms. The summed E-state index contributed by atoms with van der Waals surface area (Å²) >= 11 is 18.5. The van der Waals surface area contributed by atoms with Gasteiger partial charge in [0.25, 0.3) is 0 Å². The monoisotopic (exact) mass is 559 g/mol. The molecule has 4 aromatic rings. The van der Waals surface area contributed by atoms with E-state index in [0.717, 1.165) is 11.1 Å². The first-order valence-corrected chi connectivity index (χ1v) is 12.5. The highest BCUT2D eigenvalue weighted by molar-refractivity contribution is 7.93. The Morgan fingerprint density at radius 1 is 0.800 bits per heavy atom. The van der Waals surface area contributed by atoms with E-state index in [1.54, 1.807) is 36.4 Å². The van der Waals surface area contributed by atoms with Gasteiger partial charge >= 0.3 is 15.5 Å². The molecule has 0 saturated heterocycles. The van der Waals surface area contributed by atoms with E-state index in [1.165, 1.54) is 22.9 Å². The molecule has 0 heterocycles. The highest BCUT2D eigenvalue weighted by Crippen LogP contribution is 2.33. The molecular formula is C24H15Cl3F3NO3S. The summed E-state index contributed by atoms with van der Waals surface area (Å²) < 4.78 is 68.2. The smallest absolute Gasteiger partial charge is 0.488 e. The Bertz CT molecular complexity index is 1530. The van der Waals surface area contributed by atoms with Crippen molar-refractivity contribution in [2.24, 2.45) is 0 Å². The number of hydrogen-bond donors (Lipinski definition) is 1. The Kier molecular flexibility index (Phi) is 7.11. The van der Waals surface area contributed by atoms with E-state index in [2.05, 4.69) is 0 Å². The van der Waals surface area contributed by atoms with Crippen LogP contribution >= 0.6 is 34.8 Å². The molecule has 0 spiro atoms. The van der Waals surface area contributed by atoms with Gasteiger partial charge in [-0.25, -0.2) is 0 Å². The summed E-state index contributed by atoms with van der Waals surface area (Å²) in [6, 6.07) is 19.7. The van der Waals surface area contributed by atoms with Gasteiger partial charge in [0.1, 0.15) is 12.4 Å². The lowest BCUT2D eigenvalue weighted by Crippen LogP contribution is -2.29. The van der Waals surface area contributed by atoms with Crippen molar-refractivity contribution in [1.29, 1.82) is 0 Å². The number of alkyl halides is 3. The number of sulfonamides is 1. The molecule has 0 aliphatic carbocycles. The van der Waals surface area contributed by atoms with Crippen molar-refractivity contribution in [3.8, 4) is 16.9 Å². The molecular weight excluding hydrogens is 546 g/mol. The average molecular weight is 561 g/mol. The third-order valence-corrected chi connectivity index (χ3v) is 7.29. The number of rotatable bonds is 6. The van der Waals surface area contributed by atoms with Crippen molar-refractivity contribution in [3.63, 3.8) is 0 Å². The van der Waals surface area contributed by atoms with Gasteiger partial charge in [0.15, 0.2) is 0 Å². The Labute approximate surface area is 214 Å². The molecule has 0 aliphatic rings. The molecule has 0 radical (unpaired) electrons. The maximum Gasteiger partial charge on any atom is 0.516 e. The minimum absolute atomic E-state index is 0.127. The molecule has 0 saturated carbocycles. The second kappa shape index (κ2) is 9.78. The Hall–Kier alpha value is -2.65. The molecule has 4 aromatic carbocycles. The highest BCUT2D eigenvalue weighted by atomic mass is 35.5. The van der Waals surface area contributed by atoms with Crippen LogP contribution in [0.3, 0.4) is 0 Å². The van der Waals surface area contributed by atoms with Crippen molar-refractivity contribution in [2.75, 3.05) is 4.72 Å². The summed E-state index contributed by atoms with van der Waals surface area (Å²) in [5, 5.41) is 2.43. The van der Waals surface area contributed by atoms with E-state index < -0.39 is 15.5 Å². The average Bonchev–Trinajstić information content (AvgIpc) is 2.79. The molecule has 4 nitrogen and oxygen atoms in total. The minimum atomic E-state index is -5.52. The van der Waals surface area contributed by atoms with Crippen LogP contribution in [0.5, 0.6) is 5.75 Å². The fraction of sp³-hybridized carbons (Fsp3) is 0.0833. The van der Waals surface area contributed by atoms with Crippen molar-refractivity contribution in [2.45, 2.75) is 12.1 Å². The topological polar surface area (TPSA) is 55.4 Å². The number of hydrogen-bond acceptors (Lipinski definition) is 3. The largest absolute Gasteiger partial charge is 0.516 e. The van der Waals surface area contributed by atoms with Crippen LogP contribution in [-0.2, 0) is 16.6 Å². The van der Waals surface area contributed by atoms with Crippen molar-refractivity contribution in [3.05, 3.63) is 93.4 Å². The lowest BCUT2D eigenvalue weighted by molar-refractivity contribution is -0.0429. The predicted molar refractivity (Wildman–Crippen MR) is 134 cm³/mol. The van der Waals surface area contributed by atoms with Crippen molar-refractivity contribution >= 4 is 61.3 Å². The number of fused-ring (bicyclic) bond motifs is 1. The zero-order valence-electron chi connectivity index (χ0n) is 17.5. The second-order valence-electron chi connectivity index (χ2n) is 7.47. The number of anilines is 1. The zero-order valence-corrected chi connectivity index (χ0v) is 20.6. The first kappa shape index (κ1) is 25.4. The quantitative estimate of drug-likeness (QED) is 0.258. The molecule has 11 heteroatoms. The van der Waals surface area contributed by atoms with E-state index in [1.807, 2.05) is 18.2 Å². The van der Waals surface area contributed by atoms with E-state index in [4.69, 9.17) is 39.5 Å². The molecule has 0 unspecified atom stereocenters. The summed E-state index contributed by atoms with van der Waals surface area (Å²) in [5.41, 5.74) is -3.23. The van der Waals surface area contributed by atoms with Crippen LogP contribution in [0.4, 0.5) is 18.9 Å². The van der Waals surface area contributed by atoms with Gasteiger partial charge in [-0.1, -0.05) is 65.1 Å². The normalized spacial score (nSPS) is 12.1. The highest BCUT2D eigenvalue weighted by Gasteiger charge is 2.46. The van der Waals surface area contributed by atoms with Gasteiger partial charge in [-0.3, -0.25) is 4.72 Å². The fourth-order valence-corrected chi connectivity index (χ4v) is 4.42. The maximum absolute atomic E-state index is 12.7. The third-order valence-electron chi connectivity index (χ3n) is 5.09. The molecule has 1 N–H and O–H groups in total. The molecule has 4 rings (SSSR count). The maximum atomic E-state index is 12.7. The van der Waals surface area contributed by atoms with Crippen LogP contribution < -0.4 is 9.46 Å². The fourth-order valence-electron chi connectivity index (χ4n) is 3.33. The summed E-state index contributed by atoms with van der Waals surface area (Å²) in [4.78, 5) is 0.